The van der Waals surface area contributed by atoms with Crippen molar-refractivity contribution >= 4 is 7.85 Å². The van der Waals surface area contributed by atoms with E-state index >= 15 is 0 Å². The topological polar surface area (TPSA) is 49.7 Å². The molecule has 0 aliphatic carbocycles. The van der Waals surface area contributed by atoms with Crippen molar-refractivity contribution in [3.63, 3.8) is 0 Å². The monoisotopic (exact) mass is 184 g/mol. The maximum absolute atomic E-state index is 13.8. The first-order valence-corrected chi connectivity index (χ1v) is 3.82. The molecule has 0 saturated carbocycles. The Labute approximate surface area is 76.9 Å². The van der Waals surface area contributed by atoms with Crippen LogP contribution in [0.3, 0.4) is 0 Å². The van der Waals surface area contributed by atoms with Gasteiger partial charge in [0.05, 0.1) is 12.6 Å². The molecule has 1 fully saturated rings. The molecule has 2 radical (unpaired) electrons. The number of alkyl halides is 1. The summed E-state index contributed by atoms with van der Waals surface area (Å²) in [6.07, 6.45) is -1.57. The summed E-state index contributed by atoms with van der Waals surface area (Å²) in [5.74, 6) is 0. The fourth-order valence-electron chi connectivity index (χ4n) is 1.29. The molecule has 1 saturated heterocycles. The average molecular weight is 184 g/mol. The van der Waals surface area contributed by atoms with Gasteiger partial charge in [0.1, 0.15) is 20.1 Å². The van der Waals surface area contributed by atoms with Crippen LogP contribution in [0.1, 0.15) is 0 Å². The maximum Gasteiger partial charge on any atom is 0.182 e. The van der Waals surface area contributed by atoms with Gasteiger partial charge in [0.25, 0.3) is 0 Å². The molecule has 70 valence electrons. The molecule has 0 spiro atoms. The van der Waals surface area contributed by atoms with Gasteiger partial charge in [-0.2, -0.15) is 0 Å². The third-order valence-electron chi connectivity index (χ3n) is 2.07. The lowest BCUT2D eigenvalue weighted by atomic mass is 9.82. The number of hydrogen-bond acceptors (Lipinski definition) is 3. The van der Waals surface area contributed by atoms with E-state index in [-0.39, 0.29) is 0 Å². The van der Waals surface area contributed by atoms with Crippen molar-refractivity contribution in [3.8, 4) is 0 Å². The summed E-state index contributed by atoms with van der Waals surface area (Å²) >= 11 is 0. The van der Waals surface area contributed by atoms with E-state index in [4.69, 9.17) is 17.7 Å². The average Bonchev–Trinajstić information content (AvgIpc) is 2.31. The zero-order chi connectivity index (χ0) is 10.1. The smallest absolute Gasteiger partial charge is 0.182 e. The van der Waals surface area contributed by atoms with Crippen LogP contribution in [0, 0.1) is 0 Å². The standard InChI is InChI=1S/C8H10BFO3/c1-2-3-8(10)6(12)5(4-11)13-7(8)9/h3,5-7,11-12H,1,4H2/t5-,6?,7-,8?/m1/s1. The molecule has 1 aliphatic heterocycles. The second-order valence-corrected chi connectivity index (χ2v) is 2.90. The molecule has 2 unspecified atom stereocenters. The largest absolute Gasteiger partial charge is 0.394 e. The highest BCUT2D eigenvalue weighted by Gasteiger charge is 2.52. The Hall–Kier alpha value is -0.605. The summed E-state index contributed by atoms with van der Waals surface area (Å²) in [5.41, 5.74) is -0.00916. The summed E-state index contributed by atoms with van der Waals surface area (Å²) in [6.45, 7) is 2.70. The van der Waals surface area contributed by atoms with E-state index in [1.807, 2.05) is 0 Å². The van der Waals surface area contributed by atoms with Crippen molar-refractivity contribution in [2.75, 3.05) is 6.61 Å². The molecular weight excluding hydrogens is 174 g/mol. The van der Waals surface area contributed by atoms with Gasteiger partial charge in [-0.1, -0.05) is 6.58 Å². The van der Waals surface area contributed by atoms with E-state index < -0.39 is 30.5 Å². The molecule has 2 N–H and O–H groups in total. The predicted octanol–water partition coefficient (Wildman–Crippen LogP) is -0.718. The van der Waals surface area contributed by atoms with E-state index in [9.17, 15) is 9.50 Å². The highest BCUT2D eigenvalue weighted by atomic mass is 19.1. The van der Waals surface area contributed by atoms with Crippen LogP contribution in [0.25, 0.3) is 0 Å². The van der Waals surface area contributed by atoms with E-state index in [2.05, 4.69) is 12.3 Å². The van der Waals surface area contributed by atoms with Gasteiger partial charge in [-0.3, -0.25) is 0 Å². The molecular formula is C8H10BFO3. The molecule has 1 rings (SSSR count). The van der Waals surface area contributed by atoms with Crippen LogP contribution in [-0.4, -0.2) is 48.5 Å². The highest BCUT2D eigenvalue weighted by molar-refractivity contribution is 6.12. The first-order valence-electron chi connectivity index (χ1n) is 3.82. The third-order valence-corrected chi connectivity index (χ3v) is 2.07. The minimum atomic E-state index is -2.21. The Balaban J connectivity index is 2.91. The fraction of sp³-hybridized carbons (Fsp3) is 0.625. The number of hydrogen-bond donors (Lipinski definition) is 2. The van der Waals surface area contributed by atoms with Crippen LogP contribution < -0.4 is 0 Å². The minimum absolute atomic E-state index is 0.481. The van der Waals surface area contributed by atoms with Crippen molar-refractivity contribution in [2.45, 2.75) is 23.9 Å². The molecule has 0 aromatic rings. The summed E-state index contributed by atoms with van der Waals surface area (Å²) in [5, 5.41) is 18.1. The van der Waals surface area contributed by atoms with E-state index in [1.165, 1.54) is 0 Å². The Bertz CT molecular complexity index is 242. The summed E-state index contributed by atoms with van der Waals surface area (Å²) in [6, 6.07) is -1.30. The Morgan fingerprint density at radius 2 is 2.38 bits per heavy atom. The normalized spacial score (nSPS) is 44.4. The highest BCUT2D eigenvalue weighted by Crippen LogP contribution is 2.34. The number of aliphatic hydroxyl groups is 2. The van der Waals surface area contributed by atoms with Gasteiger partial charge in [0.2, 0.25) is 0 Å². The number of halogens is 1. The summed E-state index contributed by atoms with van der Waals surface area (Å²) in [7, 11) is 5.29. The van der Waals surface area contributed by atoms with E-state index in [0.717, 1.165) is 6.08 Å². The quantitative estimate of drug-likeness (QED) is 0.440. The second-order valence-electron chi connectivity index (χ2n) is 2.90. The molecule has 1 heterocycles. The zero-order valence-electron chi connectivity index (χ0n) is 6.98. The van der Waals surface area contributed by atoms with Gasteiger partial charge in [-0.05, 0) is 6.08 Å². The first-order chi connectivity index (χ1) is 6.06. The SMILES string of the molecule is [B][C@@H]1O[C@H](CO)C(O)C1(F)C=C=C. The number of aliphatic hydroxyl groups excluding tert-OH is 2. The Kier molecular flexibility index (Phi) is 2.93. The Morgan fingerprint density at radius 1 is 1.77 bits per heavy atom. The van der Waals surface area contributed by atoms with Crippen LogP contribution in [0.15, 0.2) is 18.4 Å². The van der Waals surface area contributed by atoms with Crippen LogP contribution >= 0.6 is 0 Å². The molecule has 0 amide bonds. The Morgan fingerprint density at radius 3 is 2.77 bits per heavy atom. The van der Waals surface area contributed by atoms with Crippen LogP contribution in [0.2, 0.25) is 0 Å². The van der Waals surface area contributed by atoms with Gasteiger partial charge >= 0.3 is 0 Å². The van der Waals surface area contributed by atoms with Crippen molar-refractivity contribution in [1.82, 2.24) is 0 Å². The number of ether oxygens (including phenoxy) is 1. The first kappa shape index (κ1) is 10.5. The van der Waals surface area contributed by atoms with Crippen LogP contribution in [-0.2, 0) is 4.74 Å². The van der Waals surface area contributed by atoms with Gasteiger partial charge in [-0.15, -0.1) is 5.73 Å². The predicted molar refractivity (Wildman–Crippen MR) is 45.1 cm³/mol. The molecule has 0 bridgehead atoms. The summed E-state index contributed by atoms with van der Waals surface area (Å²) in [4.78, 5) is 0. The van der Waals surface area contributed by atoms with E-state index in [0.29, 0.717) is 0 Å². The van der Waals surface area contributed by atoms with Crippen LogP contribution in [0.5, 0.6) is 0 Å². The molecule has 0 aromatic carbocycles. The van der Waals surface area contributed by atoms with Gasteiger partial charge in [-0.25, -0.2) is 4.39 Å². The van der Waals surface area contributed by atoms with Gasteiger partial charge in [0, 0.05) is 0 Å². The van der Waals surface area contributed by atoms with Crippen molar-refractivity contribution in [1.29, 1.82) is 0 Å². The lowest BCUT2D eigenvalue weighted by Crippen LogP contribution is -2.43. The van der Waals surface area contributed by atoms with Crippen molar-refractivity contribution < 1.29 is 19.3 Å². The minimum Gasteiger partial charge on any atom is -0.394 e. The third kappa shape index (κ3) is 1.56. The maximum atomic E-state index is 13.8. The summed E-state index contributed by atoms with van der Waals surface area (Å²) < 4.78 is 18.6. The molecule has 3 nitrogen and oxygen atoms in total. The van der Waals surface area contributed by atoms with Gasteiger partial charge in [0.15, 0.2) is 5.67 Å². The number of rotatable bonds is 2. The molecule has 13 heavy (non-hydrogen) atoms. The van der Waals surface area contributed by atoms with Gasteiger partial charge < -0.3 is 14.9 Å². The molecule has 4 atom stereocenters. The van der Waals surface area contributed by atoms with Crippen LogP contribution in [0.4, 0.5) is 4.39 Å². The second kappa shape index (κ2) is 3.64. The van der Waals surface area contributed by atoms with Crippen molar-refractivity contribution in [2.24, 2.45) is 0 Å². The molecule has 1 aliphatic rings. The zero-order valence-corrected chi connectivity index (χ0v) is 6.98. The van der Waals surface area contributed by atoms with Crippen molar-refractivity contribution in [3.05, 3.63) is 18.4 Å². The molecule has 0 aromatic heterocycles. The fourth-order valence-corrected chi connectivity index (χ4v) is 1.29. The molecule has 5 heteroatoms. The van der Waals surface area contributed by atoms with E-state index in [1.54, 1.807) is 0 Å². The lowest BCUT2D eigenvalue weighted by Gasteiger charge is -2.21. The lowest BCUT2D eigenvalue weighted by molar-refractivity contribution is -0.00855.